The van der Waals surface area contributed by atoms with Crippen LogP contribution in [0.15, 0.2) is 47.3 Å². The van der Waals surface area contributed by atoms with Crippen molar-refractivity contribution in [3.8, 4) is 0 Å². The molecule has 0 bridgehead atoms. The van der Waals surface area contributed by atoms with Gasteiger partial charge in [-0.2, -0.15) is 5.10 Å². The van der Waals surface area contributed by atoms with Crippen molar-refractivity contribution in [2.75, 3.05) is 76.9 Å². The Bertz CT molecular complexity index is 1420. The fraction of sp³-hybridized carbons (Fsp3) is 0.531. The van der Waals surface area contributed by atoms with Crippen LogP contribution in [-0.2, 0) is 4.79 Å². The van der Waals surface area contributed by atoms with Crippen LogP contribution in [0, 0.1) is 6.92 Å². The van der Waals surface area contributed by atoms with E-state index in [4.69, 9.17) is 4.99 Å². The SMILES string of the molecule is C/C(=C\c1c(N2CCNCC2)n[nH]c1C)C(P)=NC1CCN(CC(=O)N2CCN(C3C=CC(c4ncccn4)=CC3)CC2)C1. The predicted molar refractivity (Wildman–Crippen MR) is 180 cm³/mol. The first kappa shape index (κ1) is 30.8. The lowest BCUT2D eigenvalue weighted by atomic mass is 10.0. The van der Waals surface area contributed by atoms with Gasteiger partial charge in [-0.25, -0.2) is 9.97 Å². The van der Waals surface area contributed by atoms with E-state index in [-0.39, 0.29) is 11.9 Å². The Hall–Kier alpha value is -3.24. The lowest BCUT2D eigenvalue weighted by Crippen LogP contribution is -2.53. The average Bonchev–Trinajstić information content (AvgIpc) is 3.67. The summed E-state index contributed by atoms with van der Waals surface area (Å²) in [6, 6.07) is 2.40. The van der Waals surface area contributed by atoms with Crippen molar-refractivity contribution < 1.29 is 4.79 Å². The Balaban J connectivity index is 0.964. The average molecular weight is 617 g/mol. The van der Waals surface area contributed by atoms with Crippen LogP contribution in [0.1, 0.15) is 36.8 Å². The Kier molecular flexibility index (Phi) is 9.96. The molecule has 3 fully saturated rings. The second-order valence-corrected chi connectivity index (χ2v) is 12.7. The molecule has 2 aromatic heterocycles. The summed E-state index contributed by atoms with van der Waals surface area (Å²) in [7, 11) is 2.83. The van der Waals surface area contributed by atoms with Crippen molar-refractivity contribution >= 4 is 38.1 Å². The fourth-order valence-electron chi connectivity index (χ4n) is 6.45. The molecule has 2 N–H and O–H groups in total. The number of nitrogens with zero attached hydrogens (tertiary/aromatic N) is 8. The van der Waals surface area contributed by atoms with Gasteiger partial charge in [-0.05, 0) is 44.4 Å². The summed E-state index contributed by atoms with van der Waals surface area (Å²) in [5, 5.41) is 11.2. The molecule has 2 aromatic rings. The first-order valence-electron chi connectivity index (χ1n) is 15.9. The third kappa shape index (κ3) is 7.34. The number of allylic oxidation sites excluding steroid dienone is 3. The van der Waals surface area contributed by atoms with Crippen LogP contribution in [0.4, 0.5) is 5.82 Å². The number of hydrogen-bond donors (Lipinski definition) is 2. The smallest absolute Gasteiger partial charge is 0.236 e. The summed E-state index contributed by atoms with van der Waals surface area (Å²) in [6.07, 6.45) is 14.3. The number of carbonyl (C=O) groups excluding carboxylic acids is 1. The van der Waals surface area contributed by atoms with Gasteiger partial charge in [0.05, 0.1) is 18.0 Å². The highest BCUT2D eigenvalue weighted by Gasteiger charge is 2.29. The quantitative estimate of drug-likeness (QED) is 0.344. The molecule has 6 rings (SSSR count). The van der Waals surface area contributed by atoms with Crippen LogP contribution < -0.4 is 10.2 Å². The minimum Gasteiger partial charge on any atom is -0.352 e. The third-order valence-electron chi connectivity index (χ3n) is 9.12. The molecular formula is C32H45N10OP. The van der Waals surface area contributed by atoms with E-state index < -0.39 is 0 Å². The number of aromatic amines is 1. The normalized spacial score (nSPS) is 24.2. The van der Waals surface area contributed by atoms with Gasteiger partial charge >= 0.3 is 0 Å². The Labute approximate surface area is 262 Å². The summed E-state index contributed by atoms with van der Waals surface area (Å²) in [5.74, 6) is 2.03. The number of aromatic nitrogens is 4. The van der Waals surface area contributed by atoms with Crippen molar-refractivity contribution in [1.82, 2.24) is 40.2 Å². The van der Waals surface area contributed by atoms with Crippen LogP contribution in [0.25, 0.3) is 11.6 Å². The Morgan fingerprint density at radius 1 is 1.11 bits per heavy atom. The maximum absolute atomic E-state index is 13.2. The Morgan fingerprint density at radius 2 is 1.89 bits per heavy atom. The van der Waals surface area contributed by atoms with Gasteiger partial charge in [0.2, 0.25) is 5.91 Å². The summed E-state index contributed by atoms with van der Waals surface area (Å²) in [5.41, 5.74) is 5.39. The number of aliphatic imine (C=N–C) groups is 1. The molecule has 3 aliphatic heterocycles. The van der Waals surface area contributed by atoms with Gasteiger partial charge < -0.3 is 15.1 Å². The Morgan fingerprint density at radius 3 is 2.61 bits per heavy atom. The maximum Gasteiger partial charge on any atom is 0.236 e. The molecule has 3 saturated heterocycles. The molecule has 0 aromatic carbocycles. The molecule has 3 unspecified atom stereocenters. The third-order valence-corrected chi connectivity index (χ3v) is 9.73. The largest absolute Gasteiger partial charge is 0.352 e. The van der Waals surface area contributed by atoms with E-state index in [0.29, 0.717) is 12.6 Å². The fourth-order valence-corrected chi connectivity index (χ4v) is 6.75. The molecule has 1 aliphatic carbocycles. The maximum atomic E-state index is 13.2. The minimum absolute atomic E-state index is 0.200. The predicted octanol–water partition coefficient (Wildman–Crippen LogP) is 2.23. The zero-order chi connectivity index (χ0) is 30.5. The van der Waals surface area contributed by atoms with E-state index in [2.05, 4.69) is 87.6 Å². The molecule has 0 spiro atoms. The molecule has 0 radical (unpaired) electrons. The number of rotatable bonds is 8. The second-order valence-electron chi connectivity index (χ2n) is 12.2. The second kappa shape index (κ2) is 14.2. The van der Waals surface area contributed by atoms with Gasteiger partial charge in [0.25, 0.3) is 0 Å². The van der Waals surface area contributed by atoms with Gasteiger partial charge in [0.1, 0.15) is 0 Å². The van der Waals surface area contributed by atoms with Crippen molar-refractivity contribution in [3.63, 3.8) is 0 Å². The van der Waals surface area contributed by atoms with Crippen LogP contribution in [-0.4, -0.2) is 130 Å². The molecule has 12 heteroatoms. The van der Waals surface area contributed by atoms with E-state index in [1.165, 1.54) is 0 Å². The number of piperazine rings is 2. The summed E-state index contributed by atoms with van der Waals surface area (Å²) in [4.78, 5) is 36.1. The number of amides is 1. The topological polar surface area (TPSA) is 109 Å². The molecule has 11 nitrogen and oxygen atoms in total. The summed E-state index contributed by atoms with van der Waals surface area (Å²) in [6.45, 7) is 13.6. The van der Waals surface area contributed by atoms with Crippen molar-refractivity contribution in [3.05, 3.63) is 59.3 Å². The summed E-state index contributed by atoms with van der Waals surface area (Å²) >= 11 is 0. The zero-order valence-electron chi connectivity index (χ0n) is 26.0. The van der Waals surface area contributed by atoms with Crippen LogP contribution >= 0.6 is 9.24 Å². The highest BCUT2D eigenvalue weighted by molar-refractivity contribution is 7.42. The molecule has 5 heterocycles. The van der Waals surface area contributed by atoms with Crippen LogP contribution in [0.3, 0.4) is 0 Å². The summed E-state index contributed by atoms with van der Waals surface area (Å²) < 4.78 is 0. The highest BCUT2D eigenvalue weighted by Crippen LogP contribution is 2.26. The van der Waals surface area contributed by atoms with Gasteiger partial charge in [-0.1, -0.05) is 27.5 Å². The van der Waals surface area contributed by atoms with Crippen LogP contribution in [0.5, 0.6) is 0 Å². The lowest BCUT2D eigenvalue weighted by Gasteiger charge is -2.39. The van der Waals surface area contributed by atoms with E-state index >= 15 is 0 Å². The molecular weight excluding hydrogens is 571 g/mol. The number of nitrogens with one attached hydrogen (secondary N) is 2. The number of carbonyl (C=O) groups is 1. The molecule has 3 atom stereocenters. The van der Waals surface area contributed by atoms with Gasteiger partial charge in [-0.15, -0.1) is 0 Å². The highest BCUT2D eigenvalue weighted by atomic mass is 31.0. The van der Waals surface area contributed by atoms with Crippen molar-refractivity contribution in [1.29, 1.82) is 0 Å². The lowest BCUT2D eigenvalue weighted by molar-refractivity contribution is -0.134. The van der Waals surface area contributed by atoms with E-state index in [0.717, 1.165) is 118 Å². The molecule has 44 heavy (non-hydrogen) atoms. The van der Waals surface area contributed by atoms with E-state index in [9.17, 15) is 4.79 Å². The van der Waals surface area contributed by atoms with Gasteiger partial charge in [0.15, 0.2) is 11.6 Å². The monoisotopic (exact) mass is 616 g/mol. The molecule has 234 valence electrons. The number of likely N-dealkylation sites (tertiary alicyclic amines) is 1. The number of hydrogen-bond acceptors (Lipinski definition) is 9. The van der Waals surface area contributed by atoms with E-state index in [1.54, 1.807) is 12.4 Å². The van der Waals surface area contributed by atoms with Crippen molar-refractivity contribution in [2.45, 2.75) is 38.8 Å². The molecule has 4 aliphatic rings. The standard InChI is InChI=1S/C32H45N10OP/c1-23(20-28-24(2)37-38-31(28)42-14-11-33-12-15-42)32(44)36-26-8-13-39(21-26)22-29(43)41-18-16-40(17-19-41)27-6-4-25(5-7-27)30-34-9-3-10-35-30/h3-6,9-10,20,26-27,33H,7-8,11-19,21-22,44H2,1-2H3,(H,37,38)/b23-20+,36-32?. The van der Waals surface area contributed by atoms with E-state index in [1.807, 2.05) is 11.0 Å². The van der Waals surface area contributed by atoms with Crippen LogP contribution in [0.2, 0.25) is 0 Å². The zero-order valence-corrected chi connectivity index (χ0v) is 27.1. The molecule has 0 saturated carbocycles. The van der Waals surface area contributed by atoms with Gasteiger partial charge in [0, 0.05) is 101 Å². The number of aryl methyl sites for hydroxylation is 1. The first-order chi connectivity index (χ1) is 21.4. The van der Waals surface area contributed by atoms with Crippen molar-refractivity contribution in [2.24, 2.45) is 4.99 Å². The minimum atomic E-state index is 0.200. The van der Waals surface area contributed by atoms with Gasteiger partial charge in [-0.3, -0.25) is 24.7 Å². The number of H-pyrrole nitrogens is 1. The first-order valence-corrected chi connectivity index (χ1v) is 16.4. The number of anilines is 1. The molecule has 1 amide bonds.